The molecule has 1 N–H and O–H groups in total. The summed E-state index contributed by atoms with van der Waals surface area (Å²) in [4.78, 5) is 11.4. The molecule has 0 radical (unpaired) electrons. The van der Waals surface area contributed by atoms with Gasteiger partial charge in [0.15, 0.2) is 6.61 Å². The Bertz CT molecular complexity index is 458. The van der Waals surface area contributed by atoms with E-state index in [-0.39, 0.29) is 12.5 Å². The van der Waals surface area contributed by atoms with E-state index >= 15 is 0 Å². The molecule has 4 nitrogen and oxygen atoms in total. The Hall–Kier alpha value is -1.55. The molecule has 1 rings (SSSR count). The van der Waals surface area contributed by atoms with Crippen molar-refractivity contribution in [1.82, 2.24) is 5.43 Å². The van der Waals surface area contributed by atoms with Crippen molar-refractivity contribution in [2.45, 2.75) is 27.2 Å². The molecule has 1 aromatic carbocycles. The van der Waals surface area contributed by atoms with Gasteiger partial charge in [-0.1, -0.05) is 18.5 Å². The fourth-order valence-electron chi connectivity index (χ4n) is 1.19. The zero-order valence-corrected chi connectivity index (χ0v) is 11.5. The van der Waals surface area contributed by atoms with Gasteiger partial charge in [-0.3, -0.25) is 4.79 Å². The zero-order chi connectivity index (χ0) is 13.5. The first kappa shape index (κ1) is 14.5. The number of nitrogens with one attached hydrogen (secondary N) is 1. The minimum atomic E-state index is -0.280. The van der Waals surface area contributed by atoms with Crippen molar-refractivity contribution in [3.63, 3.8) is 0 Å². The second-order valence-corrected chi connectivity index (χ2v) is 4.37. The average Bonchev–Trinajstić information content (AvgIpc) is 2.34. The lowest BCUT2D eigenvalue weighted by molar-refractivity contribution is -0.123. The second kappa shape index (κ2) is 7.01. The number of hydrogen-bond acceptors (Lipinski definition) is 3. The first-order valence-corrected chi connectivity index (χ1v) is 6.11. The zero-order valence-electron chi connectivity index (χ0n) is 10.8. The van der Waals surface area contributed by atoms with Crippen LogP contribution < -0.4 is 10.2 Å². The van der Waals surface area contributed by atoms with E-state index in [1.54, 1.807) is 18.2 Å². The lowest BCUT2D eigenvalue weighted by Gasteiger charge is -2.08. The lowest BCUT2D eigenvalue weighted by Crippen LogP contribution is -2.25. The van der Waals surface area contributed by atoms with Gasteiger partial charge in [-0.2, -0.15) is 5.10 Å². The fraction of sp³-hybridized carbons (Fsp3) is 0.385. The highest BCUT2D eigenvalue weighted by Gasteiger charge is 2.04. The third-order valence-corrected chi connectivity index (χ3v) is 2.61. The smallest absolute Gasteiger partial charge is 0.277 e. The highest BCUT2D eigenvalue weighted by molar-refractivity contribution is 6.30. The van der Waals surface area contributed by atoms with Gasteiger partial charge in [0.25, 0.3) is 5.91 Å². The van der Waals surface area contributed by atoms with Gasteiger partial charge in [0.1, 0.15) is 5.75 Å². The van der Waals surface area contributed by atoms with Crippen molar-refractivity contribution in [2.24, 2.45) is 5.10 Å². The topological polar surface area (TPSA) is 50.7 Å². The van der Waals surface area contributed by atoms with Crippen LogP contribution in [0.25, 0.3) is 0 Å². The number of aryl methyl sites for hydroxylation is 1. The molecule has 0 aromatic heterocycles. The predicted octanol–water partition coefficient (Wildman–Crippen LogP) is 2.93. The van der Waals surface area contributed by atoms with E-state index in [0.717, 1.165) is 17.7 Å². The van der Waals surface area contributed by atoms with Crippen LogP contribution in [0.5, 0.6) is 5.75 Å². The number of halogens is 1. The van der Waals surface area contributed by atoms with Gasteiger partial charge in [0.05, 0.1) is 0 Å². The Morgan fingerprint density at radius 3 is 2.83 bits per heavy atom. The molecule has 0 saturated heterocycles. The summed E-state index contributed by atoms with van der Waals surface area (Å²) >= 11 is 5.83. The molecule has 0 heterocycles. The van der Waals surface area contributed by atoms with Gasteiger partial charge in [-0.15, -0.1) is 0 Å². The molecule has 0 saturated carbocycles. The summed E-state index contributed by atoms with van der Waals surface area (Å²) in [6.07, 6.45) is 0.803. The summed E-state index contributed by atoms with van der Waals surface area (Å²) in [6, 6.07) is 5.25. The highest BCUT2D eigenvalue weighted by atomic mass is 35.5. The molecule has 0 aliphatic rings. The number of benzene rings is 1. The standard InChI is InChI=1S/C13H17ClN2O2/c1-4-10(3)15-16-13(17)8-18-12-6-5-11(14)7-9(12)2/h5-7H,4,8H2,1-3H3,(H,16,17)/b15-10-. The third kappa shape index (κ3) is 4.75. The van der Waals surface area contributed by atoms with Crippen molar-refractivity contribution in [1.29, 1.82) is 0 Å². The molecular weight excluding hydrogens is 252 g/mol. The van der Waals surface area contributed by atoms with E-state index in [2.05, 4.69) is 10.5 Å². The quantitative estimate of drug-likeness (QED) is 0.659. The molecule has 1 aromatic rings. The Labute approximate surface area is 112 Å². The maximum atomic E-state index is 11.4. The van der Waals surface area contributed by atoms with Crippen LogP contribution in [0.15, 0.2) is 23.3 Å². The molecule has 0 bridgehead atoms. The van der Waals surface area contributed by atoms with Gasteiger partial charge < -0.3 is 4.74 Å². The Kier molecular flexibility index (Phi) is 5.65. The second-order valence-electron chi connectivity index (χ2n) is 3.93. The monoisotopic (exact) mass is 268 g/mol. The third-order valence-electron chi connectivity index (χ3n) is 2.38. The number of hydrogen-bond donors (Lipinski definition) is 1. The Balaban J connectivity index is 2.47. The van der Waals surface area contributed by atoms with Gasteiger partial charge in [0.2, 0.25) is 0 Å². The van der Waals surface area contributed by atoms with E-state index in [4.69, 9.17) is 16.3 Å². The minimum absolute atomic E-state index is 0.0665. The predicted molar refractivity (Wildman–Crippen MR) is 73.2 cm³/mol. The molecule has 0 unspecified atom stereocenters. The molecule has 18 heavy (non-hydrogen) atoms. The lowest BCUT2D eigenvalue weighted by atomic mass is 10.2. The summed E-state index contributed by atoms with van der Waals surface area (Å²) in [7, 11) is 0. The summed E-state index contributed by atoms with van der Waals surface area (Å²) in [6.45, 7) is 5.63. The average molecular weight is 269 g/mol. The van der Waals surface area contributed by atoms with Crippen molar-refractivity contribution in [2.75, 3.05) is 6.61 Å². The Morgan fingerprint density at radius 1 is 1.50 bits per heavy atom. The molecule has 0 atom stereocenters. The van der Waals surface area contributed by atoms with Crippen LogP contribution in [0.2, 0.25) is 5.02 Å². The van der Waals surface area contributed by atoms with E-state index < -0.39 is 0 Å². The fourth-order valence-corrected chi connectivity index (χ4v) is 1.41. The minimum Gasteiger partial charge on any atom is -0.483 e. The molecule has 98 valence electrons. The van der Waals surface area contributed by atoms with Gasteiger partial charge >= 0.3 is 0 Å². The van der Waals surface area contributed by atoms with Crippen LogP contribution in [0, 0.1) is 6.92 Å². The summed E-state index contributed by atoms with van der Waals surface area (Å²) in [5.74, 6) is 0.364. The normalized spacial score (nSPS) is 11.2. The molecule has 0 aliphatic carbocycles. The van der Waals surface area contributed by atoms with E-state index in [1.165, 1.54) is 0 Å². The van der Waals surface area contributed by atoms with Crippen LogP contribution in [0.4, 0.5) is 0 Å². The number of rotatable bonds is 5. The van der Waals surface area contributed by atoms with Gasteiger partial charge in [-0.05, 0) is 44.0 Å². The first-order chi connectivity index (χ1) is 8.52. The van der Waals surface area contributed by atoms with Crippen molar-refractivity contribution in [3.8, 4) is 5.75 Å². The molecule has 1 amide bonds. The van der Waals surface area contributed by atoms with Crippen LogP contribution in [-0.4, -0.2) is 18.2 Å². The number of ether oxygens (including phenoxy) is 1. The number of carbonyl (C=O) groups is 1. The number of nitrogens with zero attached hydrogens (tertiary/aromatic N) is 1. The van der Waals surface area contributed by atoms with Gasteiger partial charge in [-0.25, -0.2) is 5.43 Å². The van der Waals surface area contributed by atoms with E-state index in [1.807, 2.05) is 20.8 Å². The van der Waals surface area contributed by atoms with Crippen LogP contribution in [0.3, 0.4) is 0 Å². The summed E-state index contributed by atoms with van der Waals surface area (Å²) < 4.78 is 5.38. The van der Waals surface area contributed by atoms with Crippen LogP contribution in [0.1, 0.15) is 25.8 Å². The maximum Gasteiger partial charge on any atom is 0.277 e. The highest BCUT2D eigenvalue weighted by Crippen LogP contribution is 2.21. The first-order valence-electron chi connectivity index (χ1n) is 5.74. The van der Waals surface area contributed by atoms with E-state index in [9.17, 15) is 4.79 Å². The molecular formula is C13H17ClN2O2. The van der Waals surface area contributed by atoms with Crippen molar-refractivity contribution in [3.05, 3.63) is 28.8 Å². The largest absolute Gasteiger partial charge is 0.483 e. The SMILES string of the molecule is CC/C(C)=N\NC(=O)COc1ccc(Cl)cc1C. The van der Waals surface area contributed by atoms with Crippen LogP contribution >= 0.6 is 11.6 Å². The molecule has 5 heteroatoms. The number of hydrazone groups is 1. The molecule has 0 fully saturated rings. The maximum absolute atomic E-state index is 11.4. The van der Waals surface area contributed by atoms with Crippen molar-refractivity contribution >= 4 is 23.2 Å². The van der Waals surface area contributed by atoms with Crippen molar-refractivity contribution < 1.29 is 9.53 Å². The number of carbonyl (C=O) groups excluding carboxylic acids is 1. The molecule has 0 spiro atoms. The summed E-state index contributed by atoms with van der Waals surface area (Å²) in [5, 5.41) is 4.55. The van der Waals surface area contributed by atoms with Crippen LogP contribution in [-0.2, 0) is 4.79 Å². The van der Waals surface area contributed by atoms with Gasteiger partial charge in [0, 0.05) is 10.7 Å². The number of amides is 1. The molecule has 0 aliphatic heterocycles. The van der Waals surface area contributed by atoms with E-state index in [0.29, 0.717) is 10.8 Å². The summed E-state index contributed by atoms with van der Waals surface area (Å²) in [5.41, 5.74) is 4.19. The Morgan fingerprint density at radius 2 is 2.22 bits per heavy atom.